The van der Waals surface area contributed by atoms with Crippen LogP contribution in [0.1, 0.15) is 16.7 Å². The van der Waals surface area contributed by atoms with E-state index in [1.165, 1.54) is 12.1 Å². The number of carbonyl (C=O) groups excluding carboxylic acids is 1. The predicted molar refractivity (Wildman–Crippen MR) is 70.0 cm³/mol. The van der Waals surface area contributed by atoms with Gasteiger partial charge in [-0.2, -0.15) is 0 Å². The number of hydrogen-bond acceptors (Lipinski definition) is 1. The number of halogens is 2. The summed E-state index contributed by atoms with van der Waals surface area (Å²) in [5, 5.41) is 0. The molecule has 0 bridgehead atoms. The highest BCUT2D eigenvalue weighted by atomic mass is 19.2. The molecule has 0 heterocycles. The predicted octanol–water partition coefficient (Wildman–Crippen LogP) is 3.63. The van der Waals surface area contributed by atoms with Gasteiger partial charge in [-0.15, -0.1) is 0 Å². The van der Waals surface area contributed by atoms with Gasteiger partial charge >= 0.3 is 0 Å². The molecule has 0 radical (unpaired) electrons. The Hall–Kier alpha value is -2.03. The molecular formula is C16H14F2O. The molecule has 0 aliphatic rings. The molecule has 0 aliphatic carbocycles. The van der Waals surface area contributed by atoms with Crippen molar-refractivity contribution in [1.29, 1.82) is 0 Å². The summed E-state index contributed by atoms with van der Waals surface area (Å²) >= 11 is 0. The number of Topliss-reactive ketones (excluding diaryl/α,β-unsaturated/α-hetero) is 1. The van der Waals surface area contributed by atoms with Crippen LogP contribution in [0.3, 0.4) is 0 Å². The molecule has 2 aromatic carbocycles. The molecule has 0 aliphatic heterocycles. The molecule has 19 heavy (non-hydrogen) atoms. The zero-order valence-electron chi connectivity index (χ0n) is 10.6. The van der Waals surface area contributed by atoms with Crippen molar-refractivity contribution >= 4 is 5.78 Å². The first-order chi connectivity index (χ1) is 9.08. The van der Waals surface area contributed by atoms with Gasteiger partial charge in [0.25, 0.3) is 0 Å². The third-order valence-electron chi connectivity index (χ3n) is 3.07. The van der Waals surface area contributed by atoms with Gasteiger partial charge in [-0.25, -0.2) is 8.78 Å². The highest BCUT2D eigenvalue weighted by Gasteiger charge is 2.12. The van der Waals surface area contributed by atoms with Crippen molar-refractivity contribution in [1.82, 2.24) is 0 Å². The smallest absolute Gasteiger partial charge is 0.162 e. The minimum Gasteiger partial charge on any atom is -0.299 e. The van der Waals surface area contributed by atoms with Crippen molar-refractivity contribution in [3.63, 3.8) is 0 Å². The molecule has 0 saturated carbocycles. The zero-order valence-corrected chi connectivity index (χ0v) is 10.6. The molecule has 0 saturated heterocycles. The molecule has 0 aromatic heterocycles. The minimum absolute atomic E-state index is 0.0854. The Kier molecular flexibility index (Phi) is 4.05. The summed E-state index contributed by atoms with van der Waals surface area (Å²) in [5.74, 6) is -1.97. The lowest BCUT2D eigenvalue weighted by atomic mass is 9.99. The summed E-state index contributed by atoms with van der Waals surface area (Å²) in [5.41, 5.74) is 2.05. The molecule has 0 unspecified atom stereocenters. The van der Waals surface area contributed by atoms with Gasteiger partial charge in [-0.05, 0) is 29.7 Å². The number of benzene rings is 2. The molecule has 1 nitrogen and oxygen atoms in total. The topological polar surface area (TPSA) is 17.1 Å². The molecule has 2 aromatic rings. The van der Waals surface area contributed by atoms with Crippen LogP contribution in [0, 0.1) is 18.6 Å². The lowest BCUT2D eigenvalue weighted by Gasteiger charge is -2.06. The quantitative estimate of drug-likeness (QED) is 0.820. The van der Waals surface area contributed by atoms with E-state index in [-0.39, 0.29) is 24.2 Å². The maximum atomic E-state index is 13.5. The second-order valence-electron chi connectivity index (χ2n) is 4.53. The van der Waals surface area contributed by atoms with Crippen LogP contribution in [0.4, 0.5) is 8.78 Å². The van der Waals surface area contributed by atoms with E-state index in [9.17, 15) is 13.6 Å². The van der Waals surface area contributed by atoms with Crippen LogP contribution in [-0.4, -0.2) is 5.78 Å². The molecule has 0 atom stereocenters. The van der Waals surface area contributed by atoms with Crippen LogP contribution in [-0.2, 0) is 17.6 Å². The van der Waals surface area contributed by atoms with Gasteiger partial charge in [0.2, 0.25) is 0 Å². The van der Waals surface area contributed by atoms with Crippen molar-refractivity contribution in [2.45, 2.75) is 19.8 Å². The van der Waals surface area contributed by atoms with Crippen molar-refractivity contribution < 1.29 is 13.6 Å². The Balaban J connectivity index is 2.10. The molecule has 0 amide bonds. The van der Waals surface area contributed by atoms with Crippen LogP contribution in [0.2, 0.25) is 0 Å². The minimum atomic E-state index is -0.930. The Bertz CT molecular complexity index is 605. The molecule has 0 N–H and O–H groups in total. The summed E-state index contributed by atoms with van der Waals surface area (Å²) in [4.78, 5) is 11.9. The lowest BCUT2D eigenvalue weighted by Crippen LogP contribution is -2.09. The second-order valence-corrected chi connectivity index (χ2v) is 4.53. The third kappa shape index (κ3) is 3.25. The molecule has 0 spiro atoms. The van der Waals surface area contributed by atoms with Gasteiger partial charge in [-0.3, -0.25) is 4.79 Å². The van der Waals surface area contributed by atoms with E-state index in [4.69, 9.17) is 0 Å². The second kappa shape index (κ2) is 5.74. The van der Waals surface area contributed by atoms with Crippen LogP contribution in [0.15, 0.2) is 42.5 Å². The van der Waals surface area contributed by atoms with Crippen molar-refractivity contribution in [3.8, 4) is 0 Å². The number of aryl methyl sites for hydroxylation is 1. The Labute approximate surface area is 110 Å². The fourth-order valence-electron chi connectivity index (χ4n) is 1.98. The monoisotopic (exact) mass is 260 g/mol. The fraction of sp³-hybridized carbons (Fsp3) is 0.188. The van der Waals surface area contributed by atoms with Crippen LogP contribution < -0.4 is 0 Å². The van der Waals surface area contributed by atoms with Gasteiger partial charge in [0.05, 0.1) is 0 Å². The van der Waals surface area contributed by atoms with E-state index in [2.05, 4.69) is 0 Å². The molecule has 0 fully saturated rings. The number of rotatable bonds is 4. The Morgan fingerprint density at radius 3 is 2.32 bits per heavy atom. The fourth-order valence-corrected chi connectivity index (χ4v) is 1.98. The van der Waals surface area contributed by atoms with Crippen molar-refractivity contribution in [2.75, 3.05) is 0 Å². The number of ketones is 1. The van der Waals surface area contributed by atoms with Crippen LogP contribution in [0.25, 0.3) is 0 Å². The average molecular weight is 260 g/mol. The molecular weight excluding hydrogens is 246 g/mol. The standard InChI is InChI=1S/C16H14F2O/c1-11-5-2-3-6-12(11)9-14(19)10-13-7-4-8-15(17)16(13)18/h2-8H,9-10H2,1H3. The molecule has 3 heteroatoms. The zero-order chi connectivity index (χ0) is 13.8. The summed E-state index contributed by atoms with van der Waals surface area (Å²) in [6.07, 6.45) is 0.153. The van der Waals surface area contributed by atoms with E-state index in [1.54, 1.807) is 0 Å². The van der Waals surface area contributed by atoms with E-state index in [1.807, 2.05) is 31.2 Å². The number of hydrogen-bond donors (Lipinski definition) is 0. The first-order valence-corrected chi connectivity index (χ1v) is 6.07. The van der Waals surface area contributed by atoms with Crippen molar-refractivity contribution in [2.24, 2.45) is 0 Å². The molecule has 2 rings (SSSR count). The van der Waals surface area contributed by atoms with E-state index < -0.39 is 11.6 Å². The summed E-state index contributed by atoms with van der Waals surface area (Å²) in [6, 6.07) is 11.4. The van der Waals surface area contributed by atoms with Gasteiger partial charge in [0.1, 0.15) is 5.78 Å². The maximum absolute atomic E-state index is 13.5. The van der Waals surface area contributed by atoms with E-state index in [0.717, 1.165) is 17.2 Å². The normalized spacial score (nSPS) is 10.5. The van der Waals surface area contributed by atoms with Crippen LogP contribution >= 0.6 is 0 Å². The van der Waals surface area contributed by atoms with Gasteiger partial charge < -0.3 is 0 Å². The first-order valence-electron chi connectivity index (χ1n) is 6.07. The Morgan fingerprint density at radius 2 is 1.58 bits per heavy atom. The SMILES string of the molecule is Cc1ccccc1CC(=O)Cc1cccc(F)c1F. The summed E-state index contributed by atoms with van der Waals surface area (Å²) in [7, 11) is 0. The van der Waals surface area contributed by atoms with Gasteiger partial charge in [0.15, 0.2) is 11.6 Å². The molecule has 98 valence electrons. The highest BCUT2D eigenvalue weighted by Crippen LogP contribution is 2.14. The van der Waals surface area contributed by atoms with E-state index in [0.29, 0.717) is 0 Å². The maximum Gasteiger partial charge on any atom is 0.162 e. The number of carbonyl (C=O) groups is 1. The van der Waals surface area contributed by atoms with E-state index >= 15 is 0 Å². The van der Waals surface area contributed by atoms with Gasteiger partial charge in [-0.1, -0.05) is 36.4 Å². The first kappa shape index (κ1) is 13.4. The lowest BCUT2D eigenvalue weighted by molar-refractivity contribution is -0.117. The highest BCUT2D eigenvalue weighted by molar-refractivity contribution is 5.83. The Morgan fingerprint density at radius 1 is 0.947 bits per heavy atom. The van der Waals surface area contributed by atoms with Crippen molar-refractivity contribution in [3.05, 3.63) is 70.8 Å². The summed E-state index contributed by atoms with van der Waals surface area (Å²) < 4.78 is 26.5. The summed E-state index contributed by atoms with van der Waals surface area (Å²) in [6.45, 7) is 1.92. The third-order valence-corrected chi connectivity index (χ3v) is 3.07. The van der Waals surface area contributed by atoms with Crippen LogP contribution in [0.5, 0.6) is 0 Å². The van der Waals surface area contributed by atoms with Gasteiger partial charge in [0, 0.05) is 12.8 Å². The largest absolute Gasteiger partial charge is 0.299 e. The average Bonchev–Trinajstić information content (AvgIpc) is 2.38.